The first-order valence-corrected chi connectivity index (χ1v) is 13.9. The van der Waals surface area contributed by atoms with Crippen LogP contribution >= 0.6 is 6.64 Å². The molecule has 1 aromatic carbocycles. The van der Waals surface area contributed by atoms with Crippen molar-refractivity contribution in [1.82, 2.24) is 14.6 Å². The highest BCUT2D eigenvalue weighted by atomic mass is 32.5. The van der Waals surface area contributed by atoms with E-state index in [4.69, 9.17) is 36.1 Å². The number of para-hydroxylation sites is 1. The molecule has 5 atom stereocenters. The smallest absolute Gasteiger partial charge is 0.351 e. The van der Waals surface area contributed by atoms with Crippen LogP contribution in [-0.2, 0) is 30.6 Å². The molecule has 1 unspecified atom stereocenters. The largest absolute Gasteiger partial charge is 0.462 e. The molecular formula is C22H32FN4O8PS. The van der Waals surface area contributed by atoms with E-state index >= 15 is 4.39 Å². The van der Waals surface area contributed by atoms with Gasteiger partial charge in [0, 0.05) is 6.20 Å². The van der Waals surface area contributed by atoms with Gasteiger partial charge in [0.05, 0.1) is 12.7 Å². The summed E-state index contributed by atoms with van der Waals surface area (Å²) in [5.74, 6) is -3.43. The topological polar surface area (TPSA) is 167 Å². The van der Waals surface area contributed by atoms with Gasteiger partial charge in [-0.05, 0) is 57.7 Å². The summed E-state index contributed by atoms with van der Waals surface area (Å²) in [6.07, 6.45) is -2.65. The number of esters is 1. The third-order valence-corrected chi connectivity index (χ3v) is 7.21. The van der Waals surface area contributed by atoms with Crippen LogP contribution in [0.2, 0.25) is 0 Å². The zero-order chi connectivity index (χ0) is 27.8. The number of hydrogen-bond acceptors (Lipinski definition) is 11. The van der Waals surface area contributed by atoms with Crippen LogP contribution in [-0.4, -0.2) is 63.1 Å². The molecule has 5 N–H and O–H groups in total. The number of carbonyl (C=O) groups excluding carboxylic acids is 1. The van der Waals surface area contributed by atoms with Crippen LogP contribution in [0.4, 0.5) is 10.2 Å². The average molecular weight is 563 g/mol. The molecule has 0 amide bonds. The number of aromatic nitrogens is 2. The standard InChI is InChI=1S/C22H32FN4O8PS/c1-14(2)33-20(30)15(3)26-36(37,35-17-8-6-5-7-9-17)32-13-22(23,16(4)29)34-19(12-28)27-11-10-18(24)25-21(27)31/h5-11,14-16,19,28-29H,12-13H2,1-4H3,(H,26,37)(H2,24,25,31)/t15-,16-,19+,22+,36?/m0/s1. The summed E-state index contributed by atoms with van der Waals surface area (Å²) in [7, 11) is 0. The molecule has 0 aliphatic rings. The van der Waals surface area contributed by atoms with Gasteiger partial charge in [0.15, 0.2) is 6.23 Å². The molecule has 2 aromatic rings. The second-order valence-corrected chi connectivity index (χ2v) is 11.4. The Hall–Kier alpha value is -2.45. The number of nitrogens with zero attached hydrogens (tertiary/aromatic N) is 2. The summed E-state index contributed by atoms with van der Waals surface area (Å²) in [6, 6.07) is 8.51. The number of anilines is 1. The van der Waals surface area contributed by atoms with Gasteiger partial charge in [-0.25, -0.2) is 14.3 Å². The molecule has 0 aliphatic heterocycles. The lowest BCUT2D eigenvalue weighted by molar-refractivity contribution is -0.263. The average Bonchev–Trinajstić information content (AvgIpc) is 2.81. The lowest BCUT2D eigenvalue weighted by Crippen LogP contribution is -2.47. The van der Waals surface area contributed by atoms with E-state index in [-0.39, 0.29) is 11.6 Å². The van der Waals surface area contributed by atoms with Gasteiger partial charge in [-0.3, -0.25) is 9.36 Å². The lowest BCUT2D eigenvalue weighted by Gasteiger charge is -2.34. The van der Waals surface area contributed by atoms with Gasteiger partial charge in [-0.2, -0.15) is 4.98 Å². The van der Waals surface area contributed by atoms with Crippen LogP contribution in [0, 0.1) is 0 Å². The Morgan fingerprint density at radius 3 is 2.46 bits per heavy atom. The summed E-state index contributed by atoms with van der Waals surface area (Å²) >= 11 is 5.53. The zero-order valence-electron chi connectivity index (χ0n) is 20.8. The number of rotatable bonds is 14. The molecule has 0 spiro atoms. The van der Waals surface area contributed by atoms with Crippen LogP contribution in [0.3, 0.4) is 0 Å². The van der Waals surface area contributed by atoms with Crippen molar-refractivity contribution < 1.29 is 37.9 Å². The van der Waals surface area contributed by atoms with Crippen molar-refractivity contribution in [3.63, 3.8) is 0 Å². The van der Waals surface area contributed by atoms with Crippen molar-refractivity contribution in [2.24, 2.45) is 0 Å². The Labute approximate surface area is 218 Å². The molecule has 1 aromatic heterocycles. The fraction of sp³-hybridized carbons (Fsp3) is 0.500. The lowest BCUT2D eigenvalue weighted by atomic mass is 10.2. The monoisotopic (exact) mass is 562 g/mol. The Bertz CT molecular complexity index is 1140. The third kappa shape index (κ3) is 9.11. The van der Waals surface area contributed by atoms with Crippen molar-refractivity contribution in [2.75, 3.05) is 18.9 Å². The Morgan fingerprint density at radius 2 is 1.92 bits per heavy atom. The SMILES string of the molecule is CC(C)OC(=O)[C@H](C)NP(=S)(OC[C@@](F)(O[C@H](CO)n1ccc(N)nc1=O)[C@H](C)O)Oc1ccccc1. The second-order valence-electron chi connectivity index (χ2n) is 8.27. The van der Waals surface area contributed by atoms with Gasteiger partial charge in [0.25, 0.3) is 5.85 Å². The van der Waals surface area contributed by atoms with Crippen LogP contribution in [0.25, 0.3) is 0 Å². The number of carbonyl (C=O) groups is 1. The highest BCUT2D eigenvalue weighted by molar-refractivity contribution is 8.09. The van der Waals surface area contributed by atoms with Crippen LogP contribution in [0.5, 0.6) is 5.75 Å². The van der Waals surface area contributed by atoms with Crippen LogP contribution in [0.1, 0.15) is 33.9 Å². The number of halogens is 1. The molecule has 12 nitrogen and oxygen atoms in total. The van der Waals surface area contributed by atoms with Crippen molar-refractivity contribution in [1.29, 1.82) is 0 Å². The highest BCUT2D eigenvalue weighted by Crippen LogP contribution is 2.46. The number of hydrogen-bond donors (Lipinski definition) is 4. The van der Waals surface area contributed by atoms with E-state index < -0.39 is 61.8 Å². The predicted molar refractivity (Wildman–Crippen MR) is 137 cm³/mol. The molecule has 0 saturated heterocycles. The number of nitrogens with one attached hydrogen (secondary N) is 1. The number of ether oxygens (including phenoxy) is 2. The molecule has 15 heteroatoms. The maximum atomic E-state index is 15.9. The van der Waals surface area contributed by atoms with Crippen LogP contribution < -0.4 is 21.0 Å². The van der Waals surface area contributed by atoms with E-state index in [0.717, 1.165) is 17.7 Å². The minimum absolute atomic E-state index is 0.0850. The Morgan fingerprint density at radius 1 is 1.27 bits per heavy atom. The van der Waals surface area contributed by atoms with E-state index in [1.807, 2.05) is 0 Å². The molecule has 2 rings (SSSR count). The van der Waals surface area contributed by atoms with Gasteiger partial charge < -0.3 is 34.5 Å². The Balaban J connectivity index is 2.30. The molecule has 0 bridgehead atoms. The summed E-state index contributed by atoms with van der Waals surface area (Å²) in [5, 5.41) is 22.7. The van der Waals surface area contributed by atoms with E-state index in [0.29, 0.717) is 0 Å². The van der Waals surface area contributed by atoms with E-state index in [1.54, 1.807) is 44.2 Å². The first kappa shape index (κ1) is 30.8. The molecule has 1 heterocycles. The van der Waals surface area contributed by atoms with E-state index in [2.05, 4.69) is 10.1 Å². The number of aliphatic hydroxyl groups excluding tert-OH is 2. The fourth-order valence-corrected chi connectivity index (χ4v) is 5.21. The molecule has 0 aliphatic carbocycles. The number of alkyl halides is 1. The minimum Gasteiger partial charge on any atom is -0.462 e. The molecule has 0 radical (unpaired) electrons. The molecule has 206 valence electrons. The van der Waals surface area contributed by atoms with Crippen molar-refractivity contribution in [3.05, 3.63) is 53.1 Å². The van der Waals surface area contributed by atoms with Gasteiger partial charge in [0.2, 0.25) is 0 Å². The first-order valence-electron chi connectivity index (χ1n) is 11.3. The normalized spacial score (nSPS) is 17.3. The number of nitrogens with two attached hydrogens (primary N) is 1. The van der Waals surface area contributed by atoms with Gasteiger partial charge in [-0.15, -0.1) is 0 Å². The van der Waals surface area contributed by atoms with Crippen molar-refractivity contribution in [3.8, 4) is 5.75 Å². The quantitative estimate of drug-likeness (QED) is 0.194. The summed E-state index contributed by atoms with van der Waals surface area (Å²) in [6.45, 7) is 0.375. The third-order valence-electron chi connectivity index (χ3n) is 4.73. The fourth-order valence-electron chi connectivity index (χ4n) is 2.81. The van der Waals surface area contributed by atoms with Crippen LogP contribution in [0.15, 0.2) is 47.4 Å². The zero-order valence-corrected chi connectivity index (χ0v) is 22.5. The van der Waals surface area contributed by atoms with Gasteiger partial charge in [0.1, 0.15) is 30.3 Å². The molecule has 37 heavy (non-hydrogen) atoms. The Kier molecular flexibility index (Phi) is 11.1. The van der Waals surface area contributed by atoms with Crippen molar-refractivity contribution in [2.45, 2.75) is 58.0 Å². The first-order chi connectivity index (χ1) is 17.3. The molecular weight excluding hydrogens is 530 g/mol. The highest BCUT2D eigenvalue weighted by Gasteiger charge is 2.43. The second kappa shape index (κ2) is 13.4. The number of nitrogen functional groups attached to an aromatic ring is 1. The summed E-state index contributed by atoms with van der Waals surface area (Å²) < 4.78 is 38.6. The molecule has 0 saturated carbocycles. The van der Waals surface area contributed by atoms with Gasteiger partial charge in [-0.1, -0.05) is 18.2 Å². The summed E-state index contributed by atoms with van der Waals surface area (Å²) in [4.78, 5) is 28.0. The number of benzene rings is 1. The molecule has 0 fully saturated rings. The van der Waals surface area contributed by atoms with E-state index in [1.165, 1.54) is 13.0 Å². The predicted octanol–water partition coefficient (Wildman–Crippen LogP) is 1.63. The maximum Gasteiger partial charge on any atom is 0.351 e. The minimum atomic E-state index is -3.68. The maximum absolute atomic E-state index is 15.9. The van der Waals surface area contributed by atoms with E-state index in [9.17, 15) is 19.8 Å². The summed E-state index contributed by atoms with van der Waals surface area (Å²) in [5.41, 5.74) is 4.55. The van der Waals surface area contributed by atoms with Gasteiger partial charge >= 0.3 is 18.3 Å². The van der Waals surface area contributed by atoms with Crippen molar-refractivity contribution >= 4 is 30.2 Å². The number of aliphatic hydroxyl groups is 2.